The zero-order chi connectivity index (χ0) is 22.6. The van der Waals surface area contributed by atoms with Crippen LogP contribution in [0.15, 0.2) is 66.0 Å². The van der Waals surface area contributed by atoms with Crippen LogP contribution in [0, 0.1) is 0 Å². The summed E-state index contributed by atoms with van der Waals surface area (Å²) in [6.07, 6.45) is 2.55. The zero-order valence-electron chi connectivity index (χ0n) is 19.0. The number of hydrogen-bond acceptors (Lipinski definition) is 4. The second-order valence-electron chi connectivity index (χ2n) is 9.24. The molecule has 1 amide bonds. The molecule has 0 unspecified atom stereocenters. The molecule has 2 heterocycles. The maximum Gasteiger partial charge on any atom is 0.410 e. The van der Waals surface area contributed by atoms with Crippen LogP contribution in [0.2, 0.25) is 0 Å². The highest BCUT2D eigenvalue weighted by Crippen LogP contribution is 2.30. The lowest BCUT2D eigenvalue weighted by Gasteiger charge is -2.28. The molecule has 1 aromatic heterocycles. The lowest BCUT2D eigenvalue weighted by atomic mass is 9.99. The van der Waals surface area contributed by atoms with E-state index in [4.69, 9.17) is 9.47 Å². The molecule has 1 saturated heterocycles. The predicted molar refractivity (Wildman–Crippen MR) is 130 cm³/mol. The minimum Gasteiger partial charge on any atom is -0.491 e. The van der Waals surface area contributed by atoms with Crippen molar-refractivity contribution in [2.75, 3.05) is 13.2 Å². The van der Waals surface area contributed by atoms with E-state index in [0.717, 1.165) is 31.6 Å². The minimum absolute atomic E-state index is 0.0576. The van der Waals surface area contributed by atoms with Crippen molar-refractivity contribution in [2.45, 2.75) is 51.7 Å². The molecule has 5 heteroatoms. The molecule has 168 valence electrons. The number of carbonyl (C=O) groups excluding carboxylic acids is 1. The first-order valence-corrected chi connectivity index (χ1v) is 12.1. The first-order chi connectivity index (χ1) is 15.4. The van der Waals surface area contributed by atoms with Gasteiger partial charge in [0.25, 0.3) is 0 Å². The van der Waals surface area contributed by atoms with Crippen LogP contribution < -0.4 is 4.74 Å². The van der Waals surface area contributed by atoms with Crippen LogP contribution in [0.3, 0.4) is 0 Å². The Morgan fingerprint density at radius 3 is 2.56 bits per heavy atom. The van der Waals surface area contributed by atoms with Gasteiger partial charge in [-0.25, -0.2) is 4.79 Å². The lowest BCUT2D eigenvalue weighted by Crippen LogP contribution is -2.42. The quantitative estimate of drug-likeness (QED) is 0.416. The average Bonchev–Trinajstić information content (AvgIpc) is 3.45. The van der Waals surface area contributed by atoms with E-state index in [-0.39, 0.29) is 12.1 Å². The molecule has 3 aromatic rings. The van der Waals surface area contributed by atoms with Crippen LogP contribution in [0.5, 0.6) is 5.75 Å². The third kappa shape index (κ3) is 5.71. The molecule has 0 radical (unpaired) electrons. The summed E-state index contributed by atoms with van der Waals surface area (Å²) in [7, 11) is 0. The van der Waals surface area contributed by atoms with Gasteiger partial charge < -0.3 is 14.4 Å². The molecule has 1 atom stereocenters. The van der Waals surface area contributed by atoms with Gasteiger partial charge in [0.2, 0.25) is 0 Å². The second kappa shape index (κ2) is 9.78. The third-order valence-electron chi connectivity index (χ3n) is 5.57. The number of amides is 1. The molecule has 1 fully saturated rings. The topological polar surface area (TPSA) is 38.8 Å². The Bertz CT molecular complexity index is 1020. The third-order valence-corrected chi connectivity index (χ3v) is 6.47. The highest BCUT2D eigenvalue weighted by atomic mass is 32.1. The van der Waals surface area contributed by atoms with Crippen molar-refractivity contribution in [1.29, 1.82) is 0 Å². The van der Waals surface area contributed by atoms with E-state index in [0.29, 0.717) is 6.61 Å². The van der Waals surface area contributed by atoms with Crippen molar-refractivity contribution >= 4 is 17.4 Å². The Labute approximate surface area is 194 Å². The van der Waals surface area contributed by atoms with Crippen molar-refractivity contribution in [3.63, 3.8) is 0 Å². The molecule has 0 saturated carbocycles. The maximum atomic E-state index is 12.5. The summed E-state index contributed by atoms with van der Waals surface area (Å²) in [6.45, 7) is 6.90. The summed E-state index contributed by atoms with van der Waals surface area (Å²) < 4.78 is 11.6. The molecule has 1 aliphatic rings. The van der Waals surface area contributed by atoms with E-state index in [9.17, 15) is 4.79 Å². The van der Waals surface area contributed by atoms with Crippen molar-refractivity contribution in [3.8, 4) is 16.2 Å². The van der Waals surface area contributed by atoms with E-state index < -0.39 is 5.60 Å². The van der Waals surface area contributed by atoms with Crippen molar-refractivity contribution in [1.82, 2.24) is 4.90 Å². The minimum atomic E-state index is -0.483. The summed E-state index contributed by atoms with van der Waals surface area (Å²) in [4.78, 5) is 15.6. The molecule has 0 bridgehead atoms. The molecule has 4 rings (SSSR count). The van der Waals surface area contributed by atoms with Gasteiger partial charge in [0.05, 0.1) is 6.04 Å². The Morgan fingerprint density at radius 2 is 1.84 bits per heavy atom. The molecule has 32 heavy (non-hydrogen) atoms. The van der Waals surface area contributed by atoms with Crippen LogP contribution >= 0.6 is 11.3 Å². The van der Waals surface area contributed by atoms with Crippen molar-refractivity contribution in [3.05, 3.63) is 77.2 Å². The summed E-state index contributed by atoms with van der Waals surface area (Å²) in [6, 6.07) is 21.2. The predicted octanol–water partition coefficient (Wildman–Crippen LogP) is 6.78. The van der Waals surface area contributed by atoms with Gasteiger partial charge in [-0.15, -0.1) is 11.3 Å². The van der Waals surface area contributed by atoms with Gasteiger partial charge in [0.1, 0.15) is 18.0 Å². The number of hydrogen-bond donors (Lipinski definition) is 0. The fraction of sp³-hybridized carbons (Fsp3) is 0.370. The molecule has 1 aliphatic heterocycles. The van der Waals surface area contributed by atoms with Gasteiger partial charge in [-0.05, 0) is 80.3 Å². The van der Waals surface area contributed by atoms with E-state index >= 15 is 0 Å². The maximum absolute atomic E-state index is 12.5. The summed E-state index contributed by atoms with van der Waals surface area (Å²) in [5.74, 6) is 0.830. The van der Waals surface area contributed by atoms with Crippen LogP contribution in [-0.2, 0) is 11.2 Å². The number of thiophene rings is 1. The van der Waals surface area contributed by atoms with E-state index in [1.165, 1.54) is 21.6 Å². The van der Waals surface area contributed by atoms with Gasteiger partial charge in [-0.3, -0.25) is 0 Å². The Kier molecular flexibility index (Phi) is 6.85. The molecule has 2 aromatic carbocycles. The number of likely N-dealkylation sites (tertiary alicyclic amines) is 1. The second-order valence-corrected chi connectivity index (χ2v) is 10.2. The summed E-state index contributed by atoms with van der Waals surface area (Å²) in [5.41, 5.74) is 3.38. The number of ether oxygens (including phenoxy) is 2. The highest BCUT2D eigenvalue weighted by Gasteiger charge is 2.32. The fourth-order valence-corrected chi connectivity index (χ4v) is 4.82. The SMILES string of the molecule is CC(C)(C)OC(=O)N1CCC[C@@H]1COc1ccc(Cc2ccccc2-c2cccs2)cc1. The largest absolute Gasteiger partial charge is 0.491 e. The van der Waals surface area contributed by atoms with Gasteiger partial charge >= 0.3 is 6.09 Å². The Balaban J connectivity index is 1.35. The number of benzene rings is 2. The first kappa shape index (κ1) is 22.4. The monoisotopic (exact) mass is 449 g/mol. The van der Waals surface area contributed by atoms with Gasteiger partial charge in [-0.2, -0.15) is 0 Å². The first-order valence-electron chi connectivity index (χ1n) is 11.2. The summed E-state index contributed by atoms with van der Waals surface area (Å²) in [5, 5.41) is 2.12. The Morgan fingerprint density at radius 1 is 1.06 bits per heavy atom. The van der Waals surface area contributed by atoms with Crippen molar-refractivity contribution in [2.24, 2.45) is 0 Å². The van der Waals surface area contributed by atoms with Crippen LogP contribution in [-0.4, -0.2) is 35.8 Å². The fourth-order valence-electron chi connectivity index (χ4n) is 4.03. The lowest BCUT2D eigenvalue weighted by molar-refractivity contribution is 0.0187. The molecular formula is C27H31NO3S. The van der Waals surface area contributed by atoms with Gasteiger partial charge in [-0.1, -0.05) is 42.5 Å². The standard InChI is InChI=1S/C27H31NO3S/c1-27(2,3)31-26(29)28-16-6-9-22(28)19-30-23-14-12-20(13-15-23)18-21-8-4-5-10-24(21)25-11-7-17-32-25/h4-5,7-8,10-15,17,22H,6,9,16,18-19H2,1-3H3/t22-/m1/s1. The summed E-state index contributed by atoms with van der Waals surface area (Å²) >= 11 is 1.77. The van der Waals surface area contributed by atoms with Gasteiger partial charge in [0.15, 0.2) is 0 Å². The molecule has 4 nitrogen and oxygen atoms in total. The smallest absolute Gasteiger partial charge is 0.410 e. The van der Waals surface area contributed by atoms with Crippen LogP contribution in [0.4, 0.5) is 4.79 Å². The van der Waals surface area contributed by atoms with Crippen molar-refractivity contribution < 1.29 is 14.3 Å². The zero-order valence-corrected chi connectivity index (χ0v) is 19.9. The Hall–Kier alpha value is -2.79. The number of nitrogens with zero attached hydrogens (tertiary/aromatic N) is 1. The molecule has 0 N–H and O–H groups in total. The normalized spacial score (nSPS) is 16.2. The van der Waals surface area contributed by atoms with E-state index in [1.807, 2.05) is 32.9 Å². The van der Waals surface area contributed by atoms with Crippen LogP contribution in [0.1, 0.15) is 44.7 Å². The van der Waals surface area contributed by atoms with E-state index in [2.05, 4.69) is 53.9 Å². The number of rotatable bonds is 6. The molecular weight excluding hydrogens is 418 g/mol. The highest BCUT2D eigenvalue weighted by molar-refractivity contribution is 7.13. The number of carbonyl (C=O) groups is 1. The molecule has 0 aliphatic carbocycles. The van der Waals surface area contributed by atoms with E-state index in [1.54, 1.807) is 16.2 Å². The average molecular weight is 450 g/mol. The van der Waals surface area contributed by atoms with Gasteiger partial charge in [0, 0.05) is 11.4 Å². The molecule has 0 spiro atoms. The van der Waals surface area contributed by atoms with Crippen LogP contribution in [0.25, 0.3) is 10.4 Å².